The molecule has 130 valence electrons. The second-order valence-corrected chi connectivity index (χ2v) is 6.54. The molecule has 0 radical (unpaired) electrons. The van der Waals surface area contributed by atoms with Crippen molar-refractivity contribution in [2.75, 3.05) is 13.6 Å². The van der Waals surface area contributed by atoms with Crippen LogP contribution in [0.1, 0.15) is 30.9 Å². The fraction of sp³-hybridized carbons (Fsp3) is 0.300. The standard InChI is InChI=1S/C20H22ClN3O/c1-3-7-19(25)24(2)18-13-22-20(14-8-5-4-6-9-14)16-12-15(21)10-11-17(16)23-18/h4-6,8-12,19,25H,3,7,13H2,1-2H3. The quantitative estimate of drug-likeness (QED) is 0.832. The molecule has 5 heteroatoms. The molecule has 2 aromatic rings. The Kier molecular flexibility index (Phi) is 5.51. The number of halogens is 1. The van der Waals surface area contributed by atoms with E-state index >= 15 is 0 Å². The minimum Gasteiger partial charge on any atom is -0.374 e. The molecule has 0 aliphatic carbocycles. The van der Waals surface area contributed by atoms with Crippen LogP contribution in [0.4, 0.5) is 5.69 Å². The fourth-order valence-electron chi connectivity index (χ4n) is 2.86. The Bertz CT molecular complexity index is 802. The van der Waals surface area contributed by atoms with Gasteiger partial charge in [0.05, 0.1) is 17.9 Å². The summed E-state index contributed by atoms with van der Waals surface area (Å²) in [6.45, 7) is 2.46. The van der Waals surface area contributed by atoms with Gasteiger partial charge in [0.15, 0.2) is 0 Å². The number of aliphatic hydroxyl groups is 1. The average molecular weight is 356 g/mol. The Balaban J connectivity index is 2.05. The van der Waals surface area contributed by atoms with Gasteiger partial charge in [-0.25, -0.2) is 4.99 Å². The van der Waals surface area contributed by atoms with Crippen LogP contribution in [0.15, 0.2) is 58.5 Å². The number of benzene rings is 2. The molecule has 25 heavy (non-hydrogen) atoms. The first-order valence-electron chi connectivity index (χ1n) is 8.48. The van der Waals surface area contributed by atoms with Crippen LogP contribution in [0, 0.1) is 0 Å². The van der Waals surface area contributed by atoms with Gasteiger partial charge < -0.3 is 10.0 Å². The summed E-state index contributed by atoms with van der Waals surface area (Å²) in [7, 11) is 1.86. The molecule has 1 N–H and O–H groups in total. The first-order chi connectivity index (χ1) is 12.1. The van der Waals surface area contributed by atoms with E-state index in [2.05, 4.69) is 6.92 Å². The van der Waals surface area contributed by atoms with Crippen molar-refractivity contribution in [3.63, 3.8) is 0 Å². The van der Waals surface area contributed by atoms with Crippen molar-refractivity contribution in [1.82, 2.24) is 4.90 Å². The van der Waals surface area contributed by atoms with Crippen LogP contribution in [-0.4, -0.2) is 41.4 Å². The average Bonchev–Trinajstić information content (AvgIpc) is 2.81. The Hall–Kier alpha value is -2.17. The predicted octanol–water partition coefficient (Wildman–Crippen LogP) is 4.27. The lowest BCUT2D eigenvalue weighted by Gasteiger charge is -2.25. The lowest BCUT2D eigenvalue weighted by molar-refractivity contribution is 0.0602. The van der Waals surface area contributed by atoms with E-state index in [-0.39, 0.29) is 0 Å². The van der Waals surface area contributed by atoms with E-state index in [1.807, 2.05) is 55.6 Å². The monoisotopic (exact) mass is 355 g/mol. The normalized spacial score (nSPS) is 14.9. The topological polar surface area (TPSA) is 48.2 Å². The number of hydrogen-bond acceptors (Lipinski definition) is 4. The summed E-state index contributed by atoms with van der Waals surface area (Å²) in [5, 5.41) is 11.0. The number of rotatable bonds is 4. The minimum absolute atomic E-state index is 0.411. The molecule has 1 atom stereocenters. The molecule has 0 saturated carbocycles. The number of aliphatic imine (C=N–C) groups is 2. The Morgan fingerprint density at radius 3 is 2.68 bits per heavy atom. The summed E-state index contributed by atoms with van der Waals surface area (Å²) in [5.74, 6) is 0.746. The molecule has 1 aliphatic rings. The van der Waals surface area contributed by atoms with Gasteiger partial charge in [0.1, 0.15) is 12.1 Å². The molecular formula is C20H22ClN3O. The van der Waals surface area contributed by atoms with E-state index in [1.165, 1.54) is 0 Å². The molecule has 1 heterocycles. The first-order valence-corrected chi connectivity index (χ1v) is 8.86. The molecule has 0 saturated heterocycles. The molecule has 1 unspecified atom stereocenters. The van der Waals surface area contributed by atoms with Gasteiger partial charge >= 0.3 is 0 Å². The molecule has 0 fully saturated rings. The summed E-state index contributed by atoms with van der Waals surface area (Å²) in [6, 6.07) is 15.7. The maximum Gasteiger partial charge on any atom is 0.128 e. The zero-order chi connectivity index (χ0) is 17.8. The van der Waals surface area contributed by atoms with Gasteiger partial charge in [0.25, 0.3) is 0 Å². The number of aliphatic hydroxyl groups excluding tert-OH is 1. The smallest absolute Gasteiger partial charge is 0.128 e. The van der Waals surface area contributed by atoms with Gasteiger partial charge in [0, 0.05) is 23.2 Å². The molecule has 0 aromatic heterocycles. The van der Waals surface area contributed by atoms with Crippen LogP contribution in [0.2, 0.25) is 5.02 Å². The summed E-state index contributed by atoms with van der Waals surface area (Å²) >= 11 is 6.22. The molecule has 4 nitrogen and oxygen atoms in total. The maximum atomic E-state index is 10.3. The van der Waals surface area contributed by atoms with Crippen molar-refractivity contribution in [2.24, 2.45) is 9.98 Å². The van der Waals surface area contributed by atoms with Crippen molar-refractivity contribution < 1.29 is 5.11 Å². The lowest BCUT2D eigenvalue weighted by Crippen LogP contribution is -2.38. The van der Waals surface area contributed by atoms with Crippen LogP contribution in [-0.2, 0) is 0 Å². The molecule has 0 bridgehead atoms. The third-order valence-electron chi connectivity index (χ3n) is 4.29. The maximum absolute atomic E-state index is 10.3. The SMILES string of the molecule is CCCC(O)N(C)C1=Nc2ccc(Cl)cc2C(c2ccccc2)=NC1. The van der Waals surface area contributed by atoms with E-state index in [0.29, 0.717) is 18.0 Å². The highest BCUT2D eigenvalue weighted by Crippen LogP contribution is 2.29. The molecule has 0 amide bonds. The molecule has 2 aromatic carbocycles. The third kappa shape index (κ3) is 3.91. The molecule has 3 rings (SSSR count). The van der Waals surface area contributed by atoms with E-state index in [4.69, 9.17) is 21.6 Å². The van der Waals surface area contributed by atoms with Crippen molar-refractivity contribution >= 4 is 28.8 Å². The minimum atomic E-state index is -0.562. The van der Waals surface area contributed by atoms with E-state index < -0.39 is 6.23 Å². The van der Waals surface area contributed by atoms with Gasteiger partial charge in [-0.3, -0.25) is 4.99 Å². The fourth-order valence-corrected chi connectivity index (χ4v) is 3.03. The number of nitrogens with zero attached hydrogens (tertiary/aromatic N) is 3. The second-order valence-electron chi connectivity index (χ2n) is 6.10. The second kappa shape index (κ2) is 7.81. The largest absolute Gasteiger partial charge is 0.374 e. The number of amidine groups is 1. The van der Waals surface area contributed by atoms with Crippen LogP contribution in [0.5, 0.6) is 0 Å². The van der Waals surface area contributed by atoms with Crippen molar-refractivity contribution in [3.8, 4) is 0 Å². The van der Waals surface area contributed by atoms with E-state index in [9.17, 15) is 5.11 Å². The van der Waals surface area contributed by atoms with Crippen molar-refractivity contribution in [3.05, 3.63) is 64.7 Å². The van der Waals surface area contributed by atoms with Gasteiger partial charge in [-0.2, -0.15) is 0 Å². The van der Waals surface area contributed by atoms with Gasteiger partial charge in [-0.1, -0.05) is 55.3 Å². The lowest BCUT2D eigenvalue weighted by atomic mass is 10.0. The molecule has 1 aliphatic heterocycles. The van der Waals surface area contributed by atoms with Crippen LogP contribution in [0.25, 0.3) is 0 Å². The summed E-state index contributed by atoms with van der Waals surface area (Å²) in [4.78, 5) is 11.4. The highest BCUT2D eigenvalue weighted by molar-refractivity contribution is 6.31. The Morgan fingerprint density at radius 1 is 1.20 bits per heavy atom. The third-order valence-corrected chi connectivity index (χ3v) is 4.53. The van der Waals surface area contributed by atoms with Crippen LogP contribution < -0.4 is 0 Å². The van der Waals surface area contributed by atoms with Crippen LogP contribution in [0.3, 0.4) is 0 Å². The van der Waals surface area contributed by atoms with E-state index in [1.54, 1.807) is 4.90 Å². The highest BCUT2D eigenvalue weighted by atomic mass is 35.5. The summed E-state index contributed by atoms with van der Waals surface area (Å²) < 4.78 is 0. The van der Waals surface area contributed by atoms with Crippen LogP contribution >= 0.6 is 11.6 Å². The first kappa shape index (κ1) is 17.6. The zero-order valence-corrected chi connectivity index (χ0v) is 15.2. The van der Waals surface area contributed by atoms with Crippen molar-refractivity contribution in [2.45, 2.75) is 26.0 Å². The number of likely N-dealkylation sites (N-methyl/N-ethyl adjacent to an activating group) is 1. The van der Waals surface area contributed by atoms with E-state index in [0.717, 1.165) is 34.8 Å². The number of fused-ring (bicyclic) bond motifs is 1. The van der Waals surface area contributed by atoms with Gasteiger partial charge in [-0.15, -0.1) is 0 Å². The van der Waals surface area contributed by atoms with Crippen molar-refractivity contribution in [1.29, 1.82) is 0 Å². The Morgan fingerprint density at radius 2 is 1.96 bits per heavy atom. The number of hydrogen-bond donors (Lipinski definition) is 1. The zero-order valence-electron chi connectivity index (χ0n) is 14.5. The molecular weight excluding hydrogens is 334 g/mol. The highest BCUT2D eigenvalue weighted by Gasteiger charge is 2.20. The van der Waals surface area contributed by atoms with Gasteiger partial charge in [-0.05, 0) is 24.6 Å². The summed E-state index contributed by atoms with van der Waals surface area (Å²) in [6.07, 6.45) is 1.04. The Labute approximate surface area is 153 Å². The summed E-state index contributed by atoms with van der Waals surface area (Å²) in [5.41, 5.74) is 3.62. The van der Waals surface area contributed by atoms with Gasteiger partial charge in [0.2, 0.25) is 0 Å². The predicted molar refractivity (Wildman–Crippen MR) is 104 cm³/mol. The molecule has 0 spiro atoms.